The minimum atomic E-state index is -0.162. The minimum Gasteiger partial charge on any atom is -0.466 e. The average Bonchev–Trinajstić information content (AvgIpc) is 3.11. The van der Waals surface area contributed by atoms with Crippen LogP contribution in [0.25, 0.3) is 11.4 Å². The number of piperazine rings is 1. The molecule has 1 saturated heterocycles. The molecule has 4 rings (SSSR count). The van der Waals surface area contributed by atoms with Crippen LogP contribution in [0.2, 0.25) is 0 Å². The molecule has 1 aliphatic heterocycles. The maximum absolute atomic E-state index is 12.8. The summed E-state index contributed by atoms with van der Waals surface area (Å²) in [5, 5.41) is 0. The van der Waals surface area contributed by atoms with E-state index in [1.54, 1.807) is 12.3 Å². The van der Waals surface area contributed by atoms with Crippen LogP contribution in [0.15, 0.2) is 39.7 Å². The van der Waals surface area contributed by atoms with Gasteiger partial charge in [-0.3, -0.25) is 9.59 Å². The summed E-state index contributed by atoms with van der Waals surface area (Å²) >= 11 is 0. The molecule has 3 aromatic heterocycles. The van der Waals surface area contributed by atoms with Crippen molar-refractivity contribution in [2.75, 3.05) is 31.1 Å². The number of hydrogen-bond donors (Lipinski definition) is 1. The zero-order valence-corrected chi connectivity index (χ0v) is 17.4. The van der Waals surface area contributed by atoms with Crippen LogP contribution >= 0.6 is 0 Å². The molecule has 4 heterocycles. The van der Waals surface area contributed by atoms with Crippen LogP contribution in [0, 0.1) is 13.8 Å². The van der Waals surface area contributed by atoms with Crippen molar-refractivity contribution >= 4 is 11.7 Å². The monoisotopic (exact) mass is 407 g/mol. The van der Waals surface area contributed by atoms with E-state index < -0.39 is 0 Å². The zero-order valence-electron chi connectivity index (χ0n) is 17.4. The van der Waals surface area contributed by atoms with Gasteiger partial charge in [0, 0.05) is 49.7 Å². The van der Waals surface area contributed by atoms with E-state index in [0.717, 1.165) is 22.8 Å². The Morgan fingerprint density at radius 2 is 1.93 bits per heavy atom. The van der Waals surface area contributed by atoms with Crippen molar-refractivity contribution < 1.29 is 9.21 Å². The van der Waals surface area contributed by atoms with Gasteiger partial charge < -0.3 is 19.2 Å². The van der Waals surface area contributed by atoms with Crippen LogP contribution in [0.1, 0.15) is 34.5 Å². The Balaban J connectivity index is 1.43. The molecule has 0 radical (unpaired) electrons. The van der Waals surface area contributed by atoms with Crippen molar-refractivity contribution in [2.24, 2.45) is 0 Å². The van der Waals surface area contributed by atoms with Crippen molar-refractivity contribution in [3.8, 4) is 11.4 Å². The lowest BCUT2D eigenvalue weighted by molar-refractivity contribution is 0.0744. The van der Waals surface area contributed by atoms with Crippen molar-refractivity contribution in [3.05, 3.63) is 63.6 Å². The fraction of sp³-hybridized carbons (Fsp3) is 0.364. The van der Waals surface area contributed by atoms with Gasteiger partial charge >= 0.3 is 0 Å². The maximum atomic E-state index is 12.8. The Labute approximate surface area is 174 Å². The van der Waals surface area contributed by atoms with Crippen LogP contribution in [-0.2, 0) is 6.42 Å². The second-order valence-electron chi connectivity index (χ2n) is 7.45. The standard InChI is InChI=1S/C22H25N5O3/c1-4-17-12-20(28)25-21(24-17)16-5-6-19(23-13-16)26-7-9-27(10-8-26)22(29)18-11-14(2)30-15(18)3/h5-6,11-13H,4,7-10H2,1-3H3,(H,24,25,28). The molecule has 1 N–H and O–H groups in total. The fourth-order valence-electron chi connectivity index (χ4n) is 3.69. The molecule has 0 spiro atoms. The van der Waals surface area contributed by atoms with Gasteiger partial charge in [-0.2, -0.15) is 0 Å². The number of aromatic amines is 1. The Morgan fingerprint density at radius 1 is 1.17 bits per heavy atom. The molecule has 0 aliphatic carbocycles. The van der Waals surface area contributed by atoms with E-state index in [2.05, 4.69) is 19.9 Å². The third-order valence-corrected chi connectivity index (χ3v) is 5.34. The first-order chi connectivity index (χ1) is 14.4. The quantitative estimate of drug-likeness (QED) is 0.714. The minimum absolute atomic E-state index is 0.0122. The van der Waals surface area contributed by atoms with Crippen molar-refractivity contribution in [3.63, 3.8) is 0 Å². The number of aryl methyl sites for hydroxylation is 3. The first-order valence-corrected chi connectivity index (χ1v) is 10.1. The number of nitrogens with zero attached hydrogens (tertiary/aromatic N) is 4. The summed E-state index contributed by atoms with van der Waals surface area (Å²) in [4.78, 5) is 40.4. The Bertz CT molecular complexity index is 1110. The molecule has 0 atom stereocenters. The highest BCUT2D eigenvalue weighted by atomic mass is 16.3. The number of carbonyl (C=O) groups is 1. The molecule has 0 bridgehead atoms. The van der Waals surface area contributed by atoms with Gasteiger partial charge in [-0.1, -0.05) is 6.92 Å². The number of carbonyl (C=O) groups excluding carboxylic acids is 1. The smallest absolute Gasteiger partial charge is 0.257 e. The van der Waals surface area contributed by atoms with Crippen LogP contribution in [0.5, 0.6) is 0 Å². The van der Waals surface area contributed by atoms with Crippen molar-refractivity contribution in [2.45, 2.75) is 27.2 Å². The lowest BCUT2D eigenvalue weighted by Gasteiger charge is -2.35. The van der Waals surface area contributed by atoms with Crippen LogP contribution < -0.4 is 10.5 Å². The van der Waals surface area contributed by atoms with Gasteiger partial charge in [0.25, 0.3) is 11.5 Å². The fourth-order valence-corrected chi connectivity index (χ4v) is 3.69. The van der Waals surface area contributed by atoms with Crippen molar-refractivity contribution in [1.29, 1.82) is 0 Å². The summed E-state index contributed by atoms with van der Waals surface area (Å²) in [5.74, 6) is 2.79. The van der Waals surface area contributed by atoms with E-state index in [-0.39, 0.29) is 11.5 Å². The molecule has 1 aliphatic rings. The van der Waals surface area contributed by atoms with E-state index in [1.165, 1.54) is 6.07 Å². The van der Waals surface area contributed by atoms with E-state index in [0.29, 0.717) is 49.7 Å². The Hall–Kier alpha value is -3.42. The molecule has 30 heavy (non-hydrogen) atoms. The molecular formula is C22H25N5O3. The normalized spacial score (nSPS) is 14.2. The lowest BCUT2D eigenvalue weighted by atomic mass is 10.2. The topological polar surface area (TPSA) is 95.3 Å². The molecular weight excluding hydrogens is 382 g/mol. The number of pyridine rings is 1. The number of nitrogens with one attached hydrogen (secondary N) is 1. The van der Waals surface area contributed by atoms with Gasteiger partial charge in [-0.15, -0.1) is 0 Å². The van der Waals surface area contributed by atoms with Crippen LogP contribution in [0.3, 0.4) is 0 Å². The molecule has 1 amide bonds. The molecule has 0 unspecified atom stereocenters. The number of hydrogen-bond acceptors (Lipinski definition) is 6. The molecule has 8 nitrogen and oxygen atoms in total. The first-order valence-electron chi connectivity index (χ1n) is 10.1. The second kappa shape index (κ2) is 8.14. The number of furan rings is 1. The first kappa shape index (κ1) is 19.9. The summed E-state index contributed by atoms with van der Waals surface area (Å²) < 4.78 is 5.49. The van der Waals surface area contributed by atoms with Gasteiger partial charge in [0.2, 0.25) is 0 Å². The predicted octanol–water partition coefficient (Wildman–Crippen LogP) is 2.57. The molecule has 0 saturated carbocycles. The molecule has 156 valence electrons. The molecule has 1 fully saturated rings. The van der Waals surface area contributed by atoms with Crippen molar-refractivity contribution in [1.82, 2.24) is 19.9 Å². The van der Waals surface area contributed by atoms with E-state index >= 15 is 0 Å². The van der Waals surface area contributed by atoms with Gasteiger partial charge in [-0.25, -0.2) is 9.97 Å². The number of aromatic nitrogens is 3. The zero-order chi connectivity index (χ0) is 21.3. The van der Waals surface area contributed by atoms with E-state index in [4.69, 9.17) is 4.42 Å². The van der Waals surface area contributed by atoms with Gasteiger partial charge in [0.15, 0.2) is 0 Å². The number of amides is 1. The highest BCUT2D eigenvalue weighted by Gasteiger charge is 2.25. The highest BCUT2D eigenvalue weighted by molar-refractivity contribution is 5.95. The van der Waals surface area contributed by atoms with Crippen LogP contribution in [-0.4, -0.2) is 51.9 Å². The van der Waals surface area contributed by atoms with Gasteiger partial charge in [0.05, 0.1) is 5.56 Å². The SMILES string of the molecule is CCc1cc(=O)[nH]c(-c2ccc(N3CCN(C(=O)c4cc(C)oc4C)CC3)nc2)n1. The number of rotatable bonds is 4. The summed E-state index contributed by atoms with van der Waals surface area (Å²) in [7, 11) is 0. The Morgan fingerprint density at radius 3 is 2.53 bits per heavy atom. The number of H-pyrrole nitrogens is 1. The second-order valence-corrected chi connectivity index (χ2v) is 7.45. The molecule has 8 heteroatoms. The average molecular weight is 407 g/mol. The van der Waals surface area contributed by atoms with Crippen LogP contribution in [0.4, 0.5) is 5.82 Å². The van der Waals surface area contributed by atoms with Gasteiger partial charge in [-0.05, 0) is 38.5 Å². The predicted molar refractivity (Wildman–Crippen MR) is 114 cm³/mol. The number of anilines is 1. The maximum Gasteiger partial charge on any atom is 0.257 e. The van der Waals surface area contributed by atoms with Gasteiger partial charge in [0.1, 0.15) is 23.2 Å². The highest BCUT2D eigenvalue weighted by Crippen LogP contribution is 2.21. The lowest BCUT2D eigenvalue weighted by Crippen LogP contribution is -2.49. The summed E-state index contributed by atoms with van der Waals surface area (Å²) in [6.07, 6.45) is 2.42. The van der Waals surface area contributed by atoms with E-state index in [1.807, 2.05) is 37.8 Å². The van der Waals surface area contributed by atoms with E-state index in [9.17, 15) is 9.59 Å². The summed E-state index contributed by atoms with van der Waals surface area (Å²) in [6, 6.07) is 7.15. The molecule has 3 aromatic rings. The summed E-state index contributed by atoms with van der Waals surface area (Å²) in [6.45, 7) is 8.29. The summed E-state index contributed by atoms with van der Waals surface area (Å²) in [5.41, 5.74) is 2.00. The largest absolute Gasteiger partial charge is 0.466 e. The third-order valence-electron chi connectivity index (χ3n) is 5.34. The molecule has 0 aromatic carbocycles. The Kier molecular flexibility index (Phi) is 5.39. The third kappa shape index (κ3) is 3.98.